The van der Waals surface area contributed by atoms with Crippen LogP contribution in [-0.2, 0) is 0 Å². The van der Waals surface area contributed by atoms with Gasteiger partial charge in [0.1, 0.15) is 17.9 Å². The summed E-state index contributed by atoms with van der Waals surface area (Å²) in [6.07, 6.45) is 8.16. The van der Waals surface area contributed by atoms with Gasteiger partial charge in [-0.15, -0.1) is 0 Å². The number of fused-ring (bicyclic) bond motifs is 1. The van der Waals surface area contributed by atoms with Crippen molar-refractivity contribution in [2.24, 2.45) is 0 Å². The molecule has 0 spiro atoms. The molecule has 38 heavy (non-hydrogen) atoms. The van der Waals surface area contributed by atoms with Crippen molar-refractivity contribution in [2.45, 2.75) is 38.1 Å². The molecule has 2 aromatic heterocycles. The summed E-state index contributed by atoms with van der Waals surface area (Å²) >= 11 is 0. The first-order valence-electron chi connectivity index (χ1n) is 13.9. The molecule has 2 fully saturated rings. The van der Waals surface area contributed by atoms with Crippen LogP contribution < -0.4 is 15.0 Å². The summed E-state index contributed by atoms with van der Waals surface area (Å²) in [5, 5.41) is 3.49. The summed E-state index contributed by atoms with van der Waals surface area (Å²) in [6, 6.07) is 19.1. The number of nitrogens with one attached hydrogen (secondary N) is 1. The maximum Gasteiger partial charge on any atom is 0.166 e. The summed E-state index contributed by atoms with van der Waals surface area (Å²) < 4.78 is 8.17. The first kappa shape index (κ1) is 24.7. The number of benzene rings is 2. The molecule has 4 aromatic rings. The molecule has 1 N–H and O–H groups in total. The van der Waals surface area contributed by atoms with Gasteiger partial charge < -0.3 is 24.4 Å². The number of rotatable bonds is 8. The zero-order chi connectivity index (χ0) is 25.7. The largest absolute Gasteiger partial charge is 0.492 e. The van der Waals surface area contributed by atoms with Crippen LogP contribution in [0.25, 0.3) is 22.6 Å². The molecule has 2 aromatic carbocycles. The van der Waals surface area contributed by atoms with Crippen molar-refractivity contribution < 1.29 is 4.74 Å². The van der Waals surface area contributed by atoms with E-state index in [9.17, 15) is 0 Å². The molecule has 0 atom stereocenters. The number of likely N-dealkylation sites (N-methyl/N-ethyl adjacent to an activating group) is 1. The third kappa shape index (κ3) is 5.45. The van der Waals surface area contributed by atoms with Gasteiger partial charge in [-0.2, -0.15) is 0 Å². The monoisotopic (exact) mass is 511 g/mol. The van der Waals surface area contributed by atoms with Crippen LogP contribution >= 0.6 is 0 Å². The van der Waals surface area contributed by atoms with Gasteiger partial charge in [0.15, 0.2) is 17.3 Å². The summed E-state index contributed by atoms with van der Waals surface area (Å²) in [5.41, 5.74) is 4.01. The predicted molar refractivity (Wildman–Crippen MR) is 153 cm³/mol. The highest BCUT2D eigenvalue weighted by Gasteiger charge is 2.21. The van der Waals surface area contributed by atoms with Crippen molar-refractivity contribution >= 4 is 22.7 Å². The van der Waals surface area contributed by atoms with E-state index in [2.05, 4.69) is 51.0 Å². The molecule has 8 heteroatoms. The van der Waals surface area contributed by atoms with Crippen LogP contribution in [0.4, 0.5) is 11.5 Å². The third-order valence-electron chi connectivity index (χ3n) is 7.79. The number of hydrogen-bond acceptors (Lipinski definition) is 7. The lowest BCUT2D eigenvalue weighted by molar-refractivity contribution is 0.313. The van der Waals surface area contributed by atoms with E-state index in [1.165, 1.54) is 37.8 Å². The fourth-order valence-electron chi connectivity index (χ4n) is 5.54. The van der Waals surface area contributed by atoms with Crippen molar-refractivity contribution in [3.63, 3.8) is 0 Å². The summed E-state index contributed by atoms with van der Waals surface area (Å²) in [5.74, 6) is 2.36. The van der Waals surface area contributed by atoms with E-state index in [-0.39, 0.29) is 0 Å². The van der Waals surface area contributed by atoms with E-state index in [0.29, 0.717) is 19.2 Å². The van der Waals surface area contributed by atoms with Gasteiger partial charge in [0.05, 0.1) is 12.9 Å². The Kier molecular flexibility index (Phi) is 7.40. The number of aromatic nitrogens is 4. The molecular weight excluding hydrogens is 474 g/mol. The number of imidazole rings is 1. The SMILES string of the molecule is CN1CCN(c2ccc(-c3nc(NCCOc4ccccc4)c4ncn(C5CCCCC5)c4n3)cc2)CC1. The lowest BCUT2D eigenvalue weighted by Crippen LogP contribution is -2.44. The van der Waals surface area contributed by atoms with Crippen LogP contribution in [0, 0.1) is 0 Å². The summed E-state index contributed by atoms with van der Waals surface area (Å²) in [4.78, 5) is 19.6. The van der Waals surface area contributed by atoms with Gasteiger partial charge in [-0.3, -0.25) is 0 Å². The Bertz CT molecular complexity index is 1320. The lowest BCUT2D eigenvalue weighted by Gasteiger charge is -2.34. The van der Waals surface area contributed by atoms with Crippen LogP contribution in [0.1, 0.15) is 38.1 Å². The fourth-order valence-corrected chi connectivity index (χ4v) is 5.54. The molecule has 0 bridgehead atoms. The Balaban J connectivity index is 1.26. The molecule has 198 valence electrons. The first-order valence-corrected chi connectivity index (χ1v) is 13.9. The van der Waals surface area contributed by atoms with Gasteiger partial charge in [0, 0.05) is 43.5 Å². The molecule has 1 saturated carbocycles. The molecule has 1 aliphatic carbocycles. The second-order valence-electron chi connectivity index (χ2n) is 10.4. The first-order chi connectivity index (χ1) is 18.7. The lowest BCUT2D eigenvalue weighted by atomic mass is 9.95. The van der Waals surface area contributed by atoms with E-state index < -0.39 is 0 Å². The van der Waals surface area contributed by atoms with Crippen LogP contribution in [0.3, 0.4) is 0 Å². The Morgan fingerprint density at radius 2 is 1.66 bits per heavy atom. The molecule has 6 rings (SSSR count). The molecule has 2 aliphatic rings. The second kappa shape index (κ2) is 11.4. The minimum absolute atomic E-state index is 0.449. The highest BCUT2D eigenvalue weighted by molar-refractivity contribution is 5.85. The average Bonchev–Trinajstić information content (AvgIpc) is 3.41. The van der Waals surface area contributed by atoms with Gasteiger partial charge >= 0.3 is 0 Å². The number of nitrogens with zero attached hydrogens (tertiary/aromatic N) is 6. The smallest absolute Gasteiger partial charge is 0.166 e. The second-order valence-corrected chi connectivity index (χ2v) is 10.4. The summed E-state index contributed by atoms with van der Waals surface area (Å²) in [6.45, 7) is 5.45. The number of anilines is 2. The quantitative estimate of drug-likeness (QED) is 0.324. The maximum absolute atomic E-state index is 5.89. The molecule has 3 heterocycles. The summed E-state index contributed by atoms with van der Waals surface area (Å²) in [7, 11) is 2.19. The molecular formula is C30H37N7O. The van der Waals surface area contributed by atoms with Crippen LogP contribution in [-0.4, -0.2) is 70.8 Å². The van der Waals surface area contributed by atoms with Crippen molar-refractivity contribution in [1.29, 1.82) is 0 Å². The highest BCUT2D eigenvalue weighted by Crippen LogP contribution is 2.33. The Morgan fingerprint density at radius 1 is 0.895 bits per heavy atom. The van der Waals surface area contributed by atoms with Gasteiger partial charge in [-0.25, -0.2) is 15.0 Å². The normalized spacial score (nSPS) is 17.1. The predicted octanol–water partition coefficient (Wildman–Crippen LogP) is 5.24. The van der Waals surface area contributed by atoms with Gasteiger partial charge in [0.25, 0.3) is 0 Å². The molecule has 0 amide bonds. The third-order valence-corrected chi connectivity index (χ3v) is 7.79. The van der Waals surface area contributed by atoms with Gasteiger partial charge in [0.2, 0.25) is 0 Å². The number of ether oxygens (including phenoxy) is 1. The Hall–Kier alpha value is -3.65. The maximum atomic E-state index is 5.89. The van der Waals surface area contributed by atoms with E-state index in [1.807, 2.05) is 36.7 Å². The molecule has 1 saturated heterocycles. The van der Waals surface area contributed by atoms with E-state index in [0.717, 1.165) is 60.3 Å². The zero-order valence-corrected chi connectivity index (χ0v) is 22.2. The van der Waals surface area contributed by atoms with Crippen LogP contribution in [0.15, 0.2) is 60.9 Å². The Labute approximate surface area is 224 Å². The van der Waals surface area contributed by atoms with Crippen LogP contribution in [0.5, 0.6) is 5.75 Å². The van der Waals surface area contributed by atoms with E-state index in [4.69, 9.17) is 19.7 Å². The van der Waals surface area contributed by atoms with E-state index >= 15 is 0 Å². The number of hydrogen-bond donors (Lipinski definition) is 1. The topological polar surface area (TPSA) is 71.3 Å². The van der Waals surface area contributed by atoms with Crippen molar-refractivity contribution in [3.05, 3.63) is 60.9 Å². The average molecular weight is 512 g/mol. The fraction of sp³-hybridized carbons (Fsp3) is 0.433. The number of piperazine rings is 1. The number of para-hydroxylation sites is 1. The molecule has 1 aliphatic heterocycles. The van der Waals surface area contributed by atoms with Crippen molar-refractivity contribution in [2.75, 3.05) is 56.6 Å². The van der Waals surface area contributed by atoms with E-state index in [1.54, 1.807) is 0 Å². The molecule has 8 nitrogen and oxygen atoms in total. The minimum atomic E-state index is 0.449. The minimum Gasteiger partial charge on any atom is -0.492 e. The van der Waals surface area contributed by atoms with Crippen molar-refractivity contribution in [3.8, 4) is 17.1 Å². The molecule has 0 radical (unpaired) electrons. The standard InChI is InChI=1S/C30H37N7O/c1-35-17-19-36(20-18-35)24-14-12-23(13-15-24)28-33-29(31-16-21-38-26-10-6-3-7-11-26)27-30(34-28)37(22-32-27)25-8-4-2-5-9-25/h3,6-7,10-15,22,25H,2,4-5,8-9,16-21H2,1H3,(H,31,33,34). The van der Waals surface area contributed by atoms with Crippen molar-refractivity contribution in [1.82, 2.24) is 24.4 Å². The van der Waals surface area contributed by atoms with Gasteiger partial charge in [-0.05, 0) is 56.3 Å². The molecule has 0 unspecified atom stereocenters. The highest BCUT2D eigenvalue weighted by atomic mass is 16.5. The van der Waals surface area contributed by atoms with Crippen LogP contribution in [0.2, 0.25) is 0 Å². The van der Waals surface area contributed by atoms with Gasteiger partial charge in [-0.1, -0.05) is 37.5 Å². The zero-order valence-electron chi connectivity index (χ0n) is 22.2. The Morgan fingerprint density at radius 3 is 2.42 bits per heavy atom.